The fourth-order valence-electron chi connectivity index (χ4n) is 3.24. The first-order valence-electron chi connectivity index (χ1n) is 9.48. The Bertz CT molecular complexity index is 850. The highest BCUT2D eigenvalue weighted by Crippen LogP contribution is 2.30. The molecular weight excluding hydrogens is 356 g/mol. The third-order valence-corrected chi connectivity index (χ3v) is 4.81. The lowest BCUT2D eigenvalue weighted by atomic mass is 9.95. The standard InChI is InChI=1S/C22H26N2O4/c1-15-6-3-4-7-19(15)22(26)24-18-8-9-20-16(13-18)12-17(14-28-20)21(25)23-10-5-11-27-2/h3-4,6-9,13,17H,5,10-12,14H2,1-2H3,(H,23,25)(H,24,26). The molecule has 2 N–H and O–H groups in total. The van der Waals surface area contributed by atoms with Crippen molar-refractivity contribution in [1.29, 1.82) is 0 Å². The fraction of sp³-hybridized carbons (Fsp3) is 0.364. The van der Waals surface area contributed by atoms with Crippen LogP contribution in [0.25, 0.3) is 0 Å². The van der Waals surface area contributed by atoms with Gasteiger partial charge in [0.15, 0.2) is 0 Å². The molecule has 1 aliphatic rings. The van der Waals surface area contributed by atoms with Crippen molar-refractivity contribution >= 4 is 17.5 Å². The lowest BCUT2D eigenvalue weighted by molar-refractivity contribution is -0.126. The summed E-state index contributed by atoms with van der Waals surface area (Å²) in [7, 11) is 1.64. The van der Waals surface area contributed by atoms with Crippen LogP contribution in [0, 0.1) is 12.8 Å². The molecule has 1 atom stereocenters. The summed E-state index contributed by atoms with van der Waals surface area (Å²) in [4.78, 5) is 24.9. The average Bonchev–Trinajstić information content (AvgIpc) is 2.70. The highest BCUT2D eigenvalue weighted by molar-refractivity contribution is 6.05. The summed E-state index contributed by atoms with van der Waals surface area (Å²) in [6.07, 6.45) is 1.36. The minimum atomic E-state index is -0.239. The molecule has 6 heteroatoms. The molecular formula is C22H26N2O4. The number of hydrogen-bond donors (Lipinski definition) is 2. The Balaban J connectivity index is 1.64. The zero-order chi connectivity index (χ0) is 19.9. The number of ether oxygens (including phenoxy) is 2. The molecule has 0 bridgehead atoms. The monoisotopic (exact) mass is 382 g/mol. The van der Waals surface area contributed by atoms with Crippen LogP contribution in [0.2, 0.25) is 0 Å². The summed E-state index contributed by atoms with van der Waals surface area (Å²) in [6, 6.07) is 13.0. The van der Waals surface area contributed by atoms with E-state index in [1.165, 1.54) is 0 Å². The Labute approximate surface area is 165 Å². The maximum atomic E-state index is 12.5. The van der Waals surface area contributed by atoms with Crippen molar-refractivity contribution in [1.82, 2.24) is 5.32 Å². The van der Waals surface area contributed by atoms with Crippen molar-refractivity contribution in [2.75, 3.05) is 32.2 Å². The maximum Gasteiger partial charge on any atom is 0.255 e. The van der Waals surface area contributed by atoms with Gasteiger partial charge in [-0.3, -0.25) is 9.59 Å². The van der Waals surface area contributed by atoms with Gasteiger partial charge in [-0.15, -0.1) is 0 Å². The van der Waals surface area contributed by atoms with E-state index in [2.05, 4.69) is 10.6 Å². The molecule has 0 aromatic heterocycles. The first-order valence-corrected chi connectivity index (χ1v) is 9.48. The highest BCUT2D eigenvalue weighted by atomic mass is 16.5. The molecule has 0 saturated carbocycles. The largest absolute Gasteiger partial charge is 0.492 e. The number of carbonyl (C=O) groups is 2. The van der Waals surface area contributed by atoms with Crippen molar-refractivity contribution < 1.29 is 19.1 Å². The SMILES string of the molecule is COCCCNC(=O)C1COc2ccc(NC(=O)c3ccccc3C)cc2C1. The number of anilines is 1. The minimum absolute atomic E-state index is 0.0175. The van der Waals surface area contributed by atoms with E-state index in [-0.39, 0.29) is 17.7 Å². The van der Waals surface area contributed by atoms with E-state index in [1.54, 1.807) is 13.2 Å². The van der Waals surface area contributed by atoms with E-state index < -0.39 is 0 Å². The summed E-state index contributed by atoms with van der Waals surface area (Å²) in [5.74, 6) is 0.355. The van der Waals surface area contributed by atoms with E-state index >= 15 is 0 Å². The molecule has 0 radical (unpaired) electrons. The average molecular weight is 382 g/mol. The first kappa shape index (κ1) is 19.9. The molecule has 2 aromatic carbocycles. The van der Waals surface area contributed by atoms with Gasteiger partial charge in [-0.1, -0.05) is 18.2 Å². The van der Waals surface area contributed by atoms with Crippen LogP contribution < -0.4 is 15.4 Å². The van der Waals surface area contributed by atoms with Gasteiger partial charge in [-0.25, -0.2) is 0 Å². The van der Waals surface area contributed by atoms with Crippen LogP contribution >= 0.6 is 0 Å². The van der Waals surface area contributed by atoms with Crippen LogP contribution in [0.1, 0.15) is 27.9 Å². The second-order valence-electron chi connectivity index (χ2n) is 6.94. The molecule has 1 aliphatic heterocycles. The van der Waals surface area contributed by atoms with Gasteiger partial charge in [0.1, 0.15) is 12.4 Å². The summed E-state index contributed by atoms with van der Waals surface area (Å²) in [5, 5.41) is 5.86. The minimum Gasteiger partial charge on any atom is -0.492 e. The number of amides is 2. The van der Waals surface area contributed by atoms with E-state index in [4.69, 9.17) is 9.47 Å². The predicted octanol–water partition coefficient (Wildman–Crippen LogP) is 2.95. The lowest BCUT2D eigenvalue weighted by Gasteiger charge is -2.25. The van der Waals surface area contributed by atoms with Crippen molar-refractivity contribution in [3.8, 4) is 5.75 Å². The number of fused-ring (bicyclic) bond motifs is 1. The first-order chi connectivity index (χ1) is 13.6. The van der Waals surface area contributed by atoms with Gasteiger partial charge in [0.25, 0.3) is 5.91 Å². The van der Waals surface area contributed by atoms with Gasteiger partial charge in [0.05, 0.1) is 5.92 Å². The van der Waals surface area contributed by atoms with Crippen molar-refractivity contribution in [3.05, 3.63) is 59.2 Å². The quantitative estimate of drug-likeness (QED) is 0.722. The smallest absolute Gasteiger partial charge is 0.255 e. The van der Waals surface area contributed by atoms with E-state index in [0.29, 0.717) is 37.4 Å². The molecule has 1 unspecified atom stereocenters. The molecule has 6 nitrogen and oxygen atoms in total. The van der Waals surface area contributed by atoms with E-state index in [9.17, 15) is 9.59 Å². The number of methoxy groups -OCH3 is 1. The van der Waals surface area contributed by atoms with Gasteiger partial charge in [-0.2, -0.15) is 0 Å². The number of carbonyl (C=O) groups excluding carboxylic acids is 2. The van der Waals surface area contributed by atoms with E-state index in [1.807, 2.05) is 43.3 Å². The molecule has 3 rings (SSSR count). The van der Waals surface area contributed by atoms with Gasteiger partial charge >= 0.3 is 0 Å². The highest BCUT2D eigenvalue weighted by Gasteiger charge is 2.26. The maximum absolute atomic E-state index is 12.5. The zero-order valence-electron chi connectivity index (χ0n) is 16.3. The normalized spacial score (nSPS) is 15.3. The Hall–Kier alpha value is -2.86. The Morgan fingerprint density at radius 3 is 2.82 bits per heavy atom. The van der Waals surface area contributed by atoms with E-state index in [0.717, 1.165) is 23.3 Å². The topological polar surface area (TPSA) is 76.7 Å². The van der Waals surface area contributed by atoms with Crippen LogP contribution in [0.5, 0.6) is 5.75 Å². The second-order valence-corrected chi connectivity index (χ2v) is 6.94. The van der Waals surface area contributed by atoms with Crippen molar-refractivity contribution in [2.45, 2.75) is 19.8 Å². The molecule has 0 saturated heterocycles. The number of nitrogens with one attached hydrogen (secondary N) is 2. The van der Waals surface area contributed by atoms with Gasteiger partial charge in [-0.05, 0) is 55.2 Å². The van der Waals surface area contributed by atoms with Gasteiger partial charge in [0.2, 0.25) is 5.91 Å². The molecule has 1 heterocycles. The molecule has 0 spiro atoms. The van der Waals surface area contributed by atoms with Crippen LogP contribution in [-0.2, 0) is 16.0 Å². The lowest BCUT2D eigenvalue weighted by Crippen LogP contribution is -2.38. The molecule has 2 amide bonds. The molecule has 2 aromatic rings. The van der Waals surface area contributed by atoms with Crippen molar-refractivity contribution in [2.24, 2.45) is 5.92 Å². The third kappa shape index (κ3) is 4.89. The van der Waals surface area contributed by atoms with Gasteiger partial charge in [0, 0.05) is 31.5 Å². The molecule has 0 fully saturated rings. The second kappa shape index (κ2) is 9.37. The van der Waals surface area contributed by atoms with Crippen LogP contribution in [-0.4, -0.2) is 38.7 Å². The Morgan fingerprint density at radius 1 is 1.21 bits per heavy atom. The van der Waals surface area contributed by atoms with Crippen LogP contribution in [0.4, 0.5) is 5.69 Å². The predicted molar refractivity (Wildman–Crippen MR) is 108 cm³/mol. The Morgan fingerprint density at radius 2 is 2.04 bits per heavy atom. The summed E-state index contributed by atoms with van der Waals surface area (Å²) < 4.78 is 10.7. The molecule has 28 heavy (non-hydrogen) atoms. The third-order valence-electron chi connectivity index (χ3n) is 4.81. The Kier molecular flexibility index (Phi) is 6.66. The summed E-state index contributed by atoms with van der Waals surface area (Å²) in [6.45, 7) is 3.47. The number of aryl methyl sites for hydroxylation is 1. The summed E-state index contributed by atoms with van der Waals surface area (Å²) in [5.41, 5.74) is 3.18. The number of rotatable bonds is 7. The summed E-state index contributed by atoms with van der Waals surface area (Å²) >= 11 is 0. The van der Waals surface area contributed by atoms with Gasteiger partial charge < -0.3 is 20.1 Å². The fourth-order valence-corrected chi connectivity index (χ4v) is 3.24. The number of benzene rings is 2. The molecule has 148 valence electrons. The van der Waals surface area contributed by atoms with Crippen molar-refractivity contribution in [3.63, 3.8) is 0 Å². The van der Waals surface area contributed by atoms with Crippen LogP contribution in [0.15, 0.2) is 42.5 Å². The molecule has 0 aliphatic carbocycles. The number of hydrogen-bond acceptors (Lipinski definition) is 4. The van der Waals surface area contributed by atoms with Crippen LogP contribution in [0.3, 0.4) is 0 Å². The zero-order valence-corrected chi connectivity index (χ0v) is 16.3.